The lowest BCUT2D eigenvalue weighted by Crippen LogP contribution is -2.03. The zero-order valence-corrected chi connectivity index (χ0v) is 13.4. The molecule has 124 valence electrons. The number of nitrogens with one attached hydrogen (secondary N) is 1. The average Bonchev–Trinajstić information content (AvgIpc) is 2.98. The number of aryl methyl sites for hydroxylation is 1. The maximum atomic E-state index is 13.3. The zero-order valence-electron chi connectivity index (χ0n) is 13.4. The van der Waals surface area contributed by atoms with Crippen LogP contribution in [0.25, 0.3) is 22.3 Å². The first kappa shape index (κ1) is 15.1. The summed E-state index contributed by atoms with van der Waals surface area (Å²) in [5.74, 6) is 0.108. The molecule has 7 heteroatoms. The van der Waals surface area contributed by atoms with Gasteiger partial charge in [-0.1, -0.05) is 0 Å². The number of nitrogen functional groups attached to an aromatic ring is 1. The van der Waals surface area contributed by atoms with Crippen molar-refractivity contribution in [1.82, 2.24) is 19.5 Å². The second-order valence-electron chi connectivity index (χ2n) is 5.65. The maximum Gasteiger partial charge on any atom is 0.229 e. The number of rotatable bonds is 3. The summed E-state index contributed by atoms with van der Waals surface area (Å²) in [5, 5.41) is 3.99. The Hall–Kier alpha value is -3.48. The van der Waals surface area contributed by atoms with Gasteiger partial charge in [0.05, 0.1) is 23.3 Å². The van der Waals surface area contributed by atoms with Crippen LogP contribution in [0.4, 0.5) is 21.7 Å². The highest BCUT2D eigenvalue weighted by atomic mass is 19.1. The van der Waals surface area contributed by atoms with Crippen LogP contribution in [0.15, 0.2) is 55.0 Å². The third-order valence-electron chi connectivity index (χ3n) is 3.94. The summed E-state index contributed by atoms with van der Waals surface area (Å²) in [4.78, 5) is 13.2. The molecule has 3 aromatic heterocycles. The summed E-state index contributed by atoms with van der Waals surface area (Å²) in [6, 6.07) is 9.87. The van der Waals surface area contributed by atoms with E-state index in [1.165, 1.54) is 12.1 Å². The summed E-state index contributed by atoms with van der Waals surface area (Å²) >= 11 is 0. The molecule has 1 aromatic carbocycles. The second-order valence-corrected chi connectivity index (χ2v) is 5.65. The van der Waals surface area contributed by atoms with Crippen LogP contribution in [0.2, 0.25) is 0 Å². The molecule has 0 aliphatic heterocycles. The number of hydrogen-bond donors (Lipinski definition) is 2. The number of anilines is 3. The first-order valence-corrected chi connectivity index (χ1v) is 7.67. The summed E-state index contributed by atoms with van der Waals surface area (Å²) in [6.45, 7) is 0. The first-order valence-electron chi connectivity index (χ1n) is 7.67. The van der Waals surface area contributed by atoms with Gasteiger partial charge in [-0.25, -0.2) is 9.37 Å². The molecule has 0 spiro atoms. The number of aromatic nitrogens is 4. The van der Waals surface area contributed by atoms with Crippen LogP contribution < -0.4 is 11.1 Å². The summed E-state index contributed by atoms with van der Waals surface area (Å²) in [6.07, 6.45) is 5.14. The Kier molecular flexibility index (Phi) is 3.53. The smallest absolute Gasteiger partial charge is 0.229 e. The largest absolute Gasteiger partial charge is 0.397 e. The van der Waals surface area contributed by atoms with E-state index in [0.29, 0.717) is 17.3 Å². The molecule has 3 N–H and O–H groups in total. The Balaban J connectivity index is 1.87. The van der Waals surface area contributed by atoms with Crippen LogP contribution >= 0.6 is 0 Å². The van der Waals surface area contributed by atoms with Gasteiger partial charge in [0.25, 0.3) is 0 Å². The van der Waals surface area contributed by atoms with Crippen molar-refractivity contribution in [3.8, 4) is 11.3 Å². The highest BCUT2D eigenvalue weighted by Gasteiger charge is 2.13. The minimum absolute atomic E-state index is 0.288. The highest BCUT2D eigenvalue weighted by molar-refractivity contribution is 5.92. The van der Waals surface area contributed by atoms with E-state index in [1.54, 1.807) is 30.6 Å². The molecule has 0 radical (unpaired) electrons. The lowest BCUT2D eigenvalue weighted by Gasteiger charge is -2.10. The molecule has 0 atom stereocenters. The van der Waals surface area contributed by atoms with Gasteiger partial charge >= 0.3 is 0 Å². The monoisotopic (exact) mass is 334 g/mol. The normalized spacial score (nSPS) is 11.0. The maximum absolute atomic E-state index is 13.3. The minimum Gasteiger partial charge on any atom is -0.397 e. The number of nitrogens with zero attached hydrogens (tertiary/aromatic N) is 4. The fourth-order valence-electron chi connectivity index (χ4n) is 2.65. The molecule has 0 amide bonds. The number of pyridine rings is 1. The van der Waals surface area contributed by atoms with Gasteiger partial charge in [0, 0.05) is 30.4 Å². The van der Waals surface area contributed by atoms with Crippen molar-refractivity contribution in [1.29, 1.82) is 0 Å². The number of hydrogen-bond acceptors (Lipinski definition) is 5. The summed E-state index contributed by atoms with van der Waals surface area (Å²) in [5.41, 5.74) is 9.42. The number of fused-ring (bicyclic) bond motifs is 1. The van der Waals surface area contributed by atoms with E-state index in [1.807, 2.05) is 23.9 Å². The SMILES string of the molecule is Cn1ccc2c(-c3ccc(F)cc3)nc(Nc3cnccc3N)nc21. The number of halogens is 1. The van der Waals surface area contributed by atoms with E-state index < -0.39 is 0 Å². The van der Waals surface area contributed by atoms with Gasteiger partial charge < -0.3 is 15.6 Å². The van der Waals surface area contributed by atoms with Crippen LogP contribution in [0.3, 0.4) is 0 Å². The molecule has 0 unspecified atom stereocenters. The Morgan fingerprint density at radius 2 is 1.88 bits per heavy atom. The van der Waals surface area contributed by atoms with Crippen molar-refractivity contribution >= 4 is 28.4 Å². The van der Waals surface area contributed by atoms with Crippen molar-refractivity contribution < 1.29 is 4.39 Å². The standard InChI is InChI=1S/C18H15FN6/c1-25-9-7-13-16(11-2-4-12(19)5-3-11)23-18(24-17(13)25)22-15-10-21-8-6-14(15)20/h2-10H,1H3,(H2,20,21)(H,22,23,24). The minimum atomic E-state index is -0.288. The van der Waals surface area contributed by atoms with Crippen molar-refractivity contribution in [3.05, 3.63) is 60.8 Å². The highest BCUT2D eigenvalue weighted by Crippen LogP contribution is 2.29. The quantitative estimate of drug-likeness (QED) is 0.599. The predicted molar refractivity (Wildman–Crippen MR) is 95.8 cm³/mol. The van der Waals surface area contributed by atoms with Gasteiger partial charge in [-0.15, -0.1) is 0 Å². The van der Waals surface area contributed by atoms with Crippen molar-refractivity contribution in [2.24, 2.45) is 7.05 Å². The van der Waals surface area contributed by atoms with Crippen molar-refractivity contribution in [2.75, 3.05) is 11.1 Å². The second kappa shape index (κ2) is 5.86. The molecule has 3 heterocycles. The van der Waals surface area contributed by atoms with E-state index in [4.69, 9.17) is 5.73 Å². The number of benzene rings is 1. The Labute approximate surface area is 143 Å². The van der Waals surface area contributed by atoms with Crippen LogP contribution in [0, 0.1) is 5.82 Å². The molecule has 0 saturated heterocycles. The predicted octanol–water partition coefficient (Wildman–Crippen LogP) is 3.50. The average molecular weight is 334 g/mol. The summed E-state index contributed by atoms with van der Waals surface area (Å²) in [7, 11) is 1.91. The van der Waals surface area contributed by atoms with Crippen LogP contribution in [-0.4, -0.2) is 19.5 Å². The topological polar surface area (TPSA) is 81.7 Å². The van der Waals surface area contributed by atoms with Gasteiger partial charge in [-0.2, -0.15) is 4.98 Å². The Bertz CT molecular complexity index is 1060. The Morgan fingerprint density at radius 1 is 1.08 bits per heavy atom. The van der Waals surface area contributed by atoms with E-state index in [2.05, 4.69) is 20.3 Å². The van der Waals surface area contributed by atoms with Gasteiger partial charge in [-0.3, -0.25) is 4.98 Å². The van der Waals surface area contributed by atoms with Crippen LogP contribution in [0.1, 0.15) is 0 Å². The molecule has 6 nitrogen and oxygen atoms in total. The molecule has 4 aromatic rings. The fourth-order valence-corrected chi connectivity index (χ4v) is 2.65. The summed E-state index contributed by atoms with van der Waals surface area (Å²) < 4.78 is 15.2. The lowest BCUT2D eigenvalue weighted by molar-refractivity contribution is 0.628. The molecule has 0 aliphatic carbocycles. The van der Waals surface area contributed by atoms with E-state index in [9.17, 15) is 4.39 Å². The fraction of sp³-hybridized carbons (Fsp3) is 0.0556. The zero-order chi connectivity index (χ0) is 17.4. The molecular weight excluding hydrogens is 319 g/mol. The van der Waals surface area contributed by atoms with Crippen LogP contribution in [0.5, 0.6) is 0 Å². The van der Waals surface area contributed by atoms with Gasteiger partial charge in [0.15, 0.2) is 0 Å². The van der Waals surface area contributed by atoms with Crippen molar-refractivity contribution in [3.63, 3.8) is 0 Å². The van der Waals surface area contributed by atoms with E-state index >= 15 is 0 Å². The molecule has 0 fully saturated rings. The van der Waals surface area contributed by atoms with Gasteiger partial charge in [-0.05, 0) is 36.4 Å². The molecule has 25 heavy (non-hydrogen) atoms. The van der Waals surface area contributed by atoms with Gasteiger partial charge in [0.1, 0.15) is 11.5 Å². The van der Waals surface area contributed by atoms with Gasteiger partial charge in [0.2, 0.25) is 5.95 Å². The lowest BCUT2D eigenvalue weighted by atomic mass is 10.1. The molecule has 0 saturated carbocycles. The van der Waals surface area contributed by atoms with Crippen molar-refractivity contribution in [2.45, 2.75) is 0 Å². The molecule has 4 rings (SSSR count). The number of nitrogens with two attached hydrogens (primary N) is 1. The van der Waals surface area contributed by atoms with E-state index in [0.717, 1.165) is 22.3 Å². The third kappa shape index (κ3) is 2.76. The Morgan fingerprint density at radius 3 is 2.64 bits per heavy atom. The molecule has 0 bridgehead atoms. The molecule has 0 aliphatic rings. The van der Waals surface area contributed by atoms with Crippen LogP contribution in [-0.2, 0) is 7.05 Å². The van der Waals surface area contributed by atoms with E-state index in [-0.39, 0.29) is 5.82 Å². The molecular formula is C18H15FN6. The first-order chi connectivity index (χ1) is 12.1. The third-order valence-corrected chi connectivity index (χ3v) is 3.94.